The van der Waals surface area contributed by atoms with Gasteiger partial charge in [0.2, 0.25) is 5.91 Å². The Morgan fingerprint density at radius 1 is 1.13 bits per heavy atom. The van der Waals surface area contributed by atoms with E-state index in [-0.39, 0.29) is 27.0 Å². The van der Waals surface area contributed by atoms with E-state index in [4.69, 9.17) is 12.7 Å². The van der Waals surface area contributed by atoms with Crippen molar-refractivity contribution in [2.45, 2.75) is 25.2 Å². The fourth-order valence-electron chi connectivity index (χ4n) is 3.49. The molecule has 1 heterocycles. The van der Waals surface area contributed by atoms with Crippen LogP contribution in [0.25, 0.3) is 5.48 Å². The van der Waals surface area contributed by atoms with Crippen molar-refractivity contribution in [3.63, 3.8) is 0 Å². The van der Waals surface area contributed by atoms with Gasteiger partial charge in [-0.2, -0.15) is 0 Å². The number of para-hydroxylation sites is 1. The summed E-state index contributed by atoms with van der Waals surface area (Å²) < 4.78 is 0. The normalized spacial score (nSPS) is 13.6. The third kappa shape index (κ3) is 5.00. The van der Waals surface area contributed by atoms with E-state index in [1.807, 2.05) is 55.5 Å². The van der Waals surface area contributed by atoms with Crippen LogP contribution in [0.5, 0.6) is 5.75 Å². The number of carbonyl (C=O) groups excluding carboxylic acids is 1. The fraction of sp³-hybridized carbons (Fsp3) is 0.217. The van der Waals surface area contributed by atoms with Gasteiger partial charge in [0.1, 0.15) is 13.6 Å². The third-order valence-corrected chi connectivity index (χ3v) is 5.33. The van der Waals surface area contributed by atoms with Crippen molar-refractivity contribution in [1.82, 2.24) is 4.98 Å². The van der Waals surface area contributed by atoms with Crippen LogP contribution in [0.4, 0.5) is 17.2 Å². The number of nitrogens with zero attached hydrogens (tertiary/aromatic N) is 2. The molecule has 1 aliphatic rings. The summed E-state index contributed by atoms with van der Waals surface area (Å²) in [6.45, 7) is 2.01. The summed E-state index contributed by atoms with van der Waals surface area (Å²) in [7, 11) is 7.47. The van der Waals surface area contributed by atoms with E-state index in [2.05, 4.69) is 21.1 Å². The first-order chi connectivity index (χ1) is 14.5. The summed E-state index contributed by atoms with van der Waals surface area (Å²) in [6.07, 6.45) is 3.11. The van der Waals surface area contributed by atoms with Gasteiger partial charge in [0.05, 0.1) is 17.3 Å². The van der Waals surface area contributed by atoms with Crippen LogP contribution in [0.3, 0.4) is 0 Å². The zero-order chi connectivity index (χ0) is 21.1. The van der Waals surface area contributed by atoms with E-state index < -0.39 is 5.41 Å². The second-order valence-electron chi connectivity index (χ2n) is 7.44. The van der Waals surface area contributed by atoms with Crippen LogP contribution in [-0.4, -0.2) is 25.8 Å². The molecular weight excluding hydrogens is 559 g/mol. The predicted molar refractivity (Wildman–Crippen MR) is 120 cm³/mol. The number of rotatable bonds is 7. The molecule has 0 bridgehead atoms. The Morgan fingerprint density at radius 2 is 1.90 bits per heavy atom. The van der Waals surface area contributed by atoms with Gasteiger partial charge in [0.25, 0.3) is 0 Å². The first-order valence-electron chi connectivity index (χ1n) is 9.78. The van der Waals surface area contributed by atoms with E-state index in [9.17, 15) is 4.79 Å². The van der Waals surface area contributed by atoms with Gasteiger partial charge in [-0.05, 0) is 37.0 Å². The molecule has 0 unspecified atom stereocenters. The van der Waals surface area contributed by atoms with Crippen LogP contribution in [0, 0.1) is 6.92 Å². The number of hydrogen-bond donors (Lipinski definition) is 2. The van der Waals surface area contributed by atoms with Crippen molar-refractivity contribution in [1.29, 1.82) is 0 Å². The van der Waals surface area contributed by atoms with E-state index in [0.717, 1.165) is 29.7 Å². The fourth-order valence-corrected chi connectivity index (χ4v) is 3.49. The first kappa shape index (κ1) is 23.0. The molecule has 0 atom stereocenters. The van der Waals surface area contributed by atoms with E-state index in [0.29, 0.717) is 22.7 Å². The molecule has 6 nitrogen and oxygen atoms in total. The van der Waals surface area contributed by atoms with Gasteiger partial charge in [-0.1, -0.05) is 47.9 Å². The standard InChI is InChI=1S/C23H22BN4O2.W/c1-15-6-3-4-9-19(15)27-21-20(13-18(14-26-21)30-25-2)28-22(29)23(10-11-23)16-7-5-8-17(24)12-16;/h3-9,12-14H,10-11H2,1-2H3,(H,26,27)(H,28,29);/q-1;. The number of benzene rings is 2. The maximum Gasteiger partial charge on any atom is 0.235 e. The van der Waals surface area contributed by atoms with Crippen molar-refractivity contribution in [3.8, 4) is 5.75 Å². The van der Waals surface area contributed by atoms with Crippen molar-refractivity contribution in [2.24, 2.45) is 0 Å². The molecular formula is C23H22BN4O2W-. The van der Waals surface area contributed by atoms with Crippen molar-refractivity contribution in [3.05, 3.63) is 77.4 Å². The topological polar surface area (TPSA) is 77.3 Å². The van der Waals surface area contributed by atoms with Crippen molar-refractivity contribution >= 4 is 36.4 Å². The Kier molecular flexibility index (Phi) is 7.19. The molecule has 1 aliphatic carbocycles. The Labute approximate surface area is 197 Å². The Balaban J connectivity index is 0.00000272. The van der Waals surface area contributed by atoms with Crippen molar-refractivity contribution in [2.75, 3.05) is 17.7 Å². The molecule has 1 fully saturated rings. The summed E-state index contributed by atoms with van der Waals surface area (Å²) >= 11 is 0. The van der Waals surface area contributed by atoms with Gasteiger partial charge in [0.15, 0.2) is 5.82 Å². The molecule has 2 radical (unpaired) electrons. The first-order valence-corrected chi connectivity index (χ1v) is 9.78. The van der Waals surface area contributed by atoms with E-state index in [1.54, 1.807) is 12.3 Å². The molecule has 3 aromatic rings. The number of carbonyl (C=O) groups is 1. The summed E-state index contributed by atoms with van der Waals surface area (Å²) in [6, 6.07) is 17.1. The minimum absolute atomic E-state index is 0. The average molecular weight is 581 g/mol. The van der Waals surface area contributed by atoms with Crippen LogP contribution < -0.4 is 20.9 Å². The summed E-state index contributed by atoms with van der Waals surface area (Å²) in [5, 5.41) is 6.35. The summed E-state index contributed by atoms with van der Waals surface area (Å²) in [5.41, 5.74) is 7.20. The van der Waals surface area contributed by atoms with Gasteiger partial charge < -0.3 is 21.0 Å². The van der Waals surface area contributed by atoms with Crippen LogP contribution in [0.2, 0.25) is 0 Å². The molecule has 156 valence electrons. The van der Waals surface area contributed by atoms with Crippen molar-refractivity contribution < 1.29 is 30.7 Å². The maximum absolute atomic E-state index is 13.3. The molecule has 1 amide bonds. The predicted octanol–water partition coefficient (Wildman–Crippen LogP) is 3.89. The van der Waals surface area contributed by atoms with Gasteiger partial charge in [-0.25, -0.2) is 4.98 Å². The van der Waals surface area contributed by atoms with Crippen LogP contribution in [0.15, 0.2) is 60.8 Å². The smallest absolute Gasteiger partial charge is 0.235 e. The number of nitrogens with one attached hydrogen (secondary N) is 2. The number of hydroxylamine groups is 1. The second kappa shape index (κ2) is 9.67. The second-order valence-corrected chi connectivity index (χ2v) is 7.44. The molecule has 2 N–H and O–H groups in total. The van der Waals surface area contributed by atoms with Crippen LogP contribution in [-0.2, 0) is 31.3 Å². The summed E-state index contributed by atoms with van der Waals surface area (Å²) in [4.78, 5) is 22.9. The number of aryl methyl sites for hydroxylation is 1. The summed E-state index contributed by atoms with van der Waals surface area (Å²) in [5.74, 6) is 0.884. The minimum atomic E-state index is -0.568. The monoisotopic (exact) mass is 581 g/mol. The van der Waals surface area contributed by atoms with E-state index in [1.165, 1.54) is 7.05 Å². The molecule has 0 aliphatic heterocycles. The number of pyridine rings is 1. The zero-order valence-corrected chi connectivity index (χ0v) is 20.3. The Morgan fingerprint density at radius 3 is 2.58 bits per heavy atom. The molecule has 1 aromatic heterocycles. The Hall–Kier alpha value is -2.63. The largest absolute Gasteiger partial charge is 0.586 e. The number of hydrogen-bond acceptors (Lipinski definition) is 4. The molecule has 2 aromatic carbocycles. The minimum Gasteiger partial charge on any atom is -0.586 e. The van der Waals surface area contributed by atoms with Gasteiger partial charge in [-0.3, -0.25) is 4.79 Å². The molecule has 8 heteroatoms. The molecule has 4 rings (SSSR count). The van der Waals surface area contributed by atoms with E-state index >= 15 is 0 Å². The maximum atomic E-state index is 13.3. The molecule has 0 spiro atoms. The van der Waals surface area contributed by atoms with Crippen LogP contribution >= 0.6 is 0 Å². The number of anilines is 3. The average Bonchev–Trinajstić information content (AvgIpc) is 3.54. The van der Waals surface area contributed by atoms with Gasteiger partial charge in [-0.15, -0.1) is 7.05 Å². The molecule has 0 saturated heterocycles. The van der Waals surface area contributed by atoms with Gasteiger partial charge in [0, 0.05) is 32.8 Å². The molecule has 1 saturated carbocycles. The Bertz CT molecular complexity index is 1090. The van der Waals surface area contributed by atoms with Crippen LogP contribution in [0.1, 0.15) is 24.0 Å². The zero-order valence-electron chi connectivity index (χ0n) is 17.4. The quantitative estimate of drug-likeness (QED) is 0.328. The number of aromatic nitrogens is 1. The number of amides is 1. The third-order valence-electron chi connectivity index (χ3n) is 5.33. The SMILES string of the molecule is [B]c1cccc(C2(C(=O)Nc3cc(O[N-]C)cnc3Nc3ccccc3C)CC2)c1.[W]. The van der Waals surface area contributed by atoms with Gasteiger partial charge >= 0.3 is 0 Å². The molecule has 31 heavy (non-hydrogen) atoms.